The number of halogens is 3. The molecule has 0 saturated heterocycles. The third-order valence-corrected chi connectivity index (χ3v) is 3.70. The highest BCUT2D eigenvalue weighted by atomic mass is 127. The van der Waals surface area contributed by atoms with Crippen molar-refractivity contribution >= 4 is 56.8 Å². The molecule has 3 N–H and O–H groups in total. The van der Waals surface area contributed by atoms with Gasteiger partial charge in [0.05, 0.1) is 0 Å². The molecule has 9 heteroatoms. The van der Waals surface area contributed by atoms with Crippen molar-refractivity contribution in [3.63, 3.8) is 0 Å². The number of amides is 1. The van der Waals surface area contributed by atoms with E-state index in [1.54, 1.807) is 22.6 Å². The number of aromatic hydroxyl groups is 1. The van der Waals surface area contributed by atoms with Gasteiger partial charge in [-0.05, 0) is 34.7 Å². The van der Waals surface area contributed by atoms with Crippen molar-refractivity contribution in [3.8, 4) is 5.75 Å². The number of fused-ring (bicyclic) bond motifs is 1. The number of rotatable bonds is 3. The summed E-state index contributed by atoms with van der Waals surface area (Å²) in [4.78, 5) is 25.9. The Labute approximate surface area is 136 Å². The average molecular weight is 425 g/mol. The van der Waals surface area contributed by atoms with Crippen LogP contribution in [0.15, 0.2) is 12.1 Å². The van der Waals surface area contributed by atoms with E-state index in [1.165, 1.54) is 0 Å². The lowest BCUT2D eigenvalue weighted by Crippen LogP contribution is -2.30. The first-order chi connectivity index (χ1) is 9.81. The molecule has 0 radical (unpaired) electrons. The molecule has 0 aliphatic rings. The number of hydrogen-bond acceptors (Lipinski definition) is 4. The van der Waals surface area contributed by atoms with Crippen LogP contribution in [-0.2, 0) is 4.79 Å². The summed E-state index contributed by atoms with van der Waals surface area (Å²) in [5.41, 5.74) is -0.418. The minimum atomic E-state index is -1.24. The molecule has 1 aromatic carbocycles. The third-order valence-electron chi connectivity index (χ3n) is 2.56. The lowest BCUT2D eigenvalue weighted by molar-refractivity contribution is -0.135. The fraction of sp³-hybridized carbons (Fsp3) is 0.0833. The molecule has 0 atom stereocenters. The maximum atomic E-state index is 13.4. The van der Waals surface area contributed by atoms with E-state index in [1.807, 2.05) is 0 Å². The van der Waals surface area contributed by atoms with Crippen molar-refractivity contribution in [1.82, 2.24) is 10.3 Å². The number of pyridine rings is 1. The second-order valence-corrected chi connectivity index (χ2v) is 5.51. The highest BCUT2D eigenvalue weighted by Gasteiger charge is 2.21. The van der Waals surface area contributed by atoms with E-state index in [4.69, 9.17) is 16.7 Å². The van der Waals surface area contributed by atoms with Crippen molar-refractivity contribution in [1.29, 1.82) is 0 Å². The Morgan fingerprint density at radius 3 is 2.71 bits per heavy atom. The van der Waals surface area contributed by atoms with Gasteiger partial charge in [0.25, 0.3) is 5.91 Å². The number of nitrogens with zero attached hydrogens (tertiary/aromatic N) is 1. The van der Waals surface area contributed by atoms with Crippen LogP contribution in [0.5, 0.6) is 5.75 Å². The molecular formula is C12H7ClFIN2O4. The van der Waals surface area contributed by atoms with E-state index in [0.29, 0.717) is 3.57 Å². The van der Waals surface area contributed by atoms with Crippen LogP contribution < -0.4 is 5.32 Å². The van der Waals surface area contributed by atoms with Gasteiger partial charge < -0.3 is 15.5 Å². The van der Waals surface area contributed by atoms with Crippen LogP contribution in [0.3, 0.4) is 0 Å². The number of aliphatic carboxylic acids is 1. The lowest BCUT2D eigenvalue weighted by Gasteiger charge is -2.10. The van der Waals surface area contributed by atoms with Gasteiger partial charge in [-0.15, -0.1) is 0 Å². The Morgan fingerprint density at radius 2 is 2.10 bits per heavy atom. The molecule has 110 valence electrons. The number of benzene rings is 1. The molecule has 1 aromatic heterocycles. The number of carboxylic acid groups (broad SMARTS) is 1. The normalized spacial score (nSPS) is 10.6. The van der Waals surface area contributed by atoms with E-state index in [2.05, 4.69) is 10.3 Å². The summed E-state index contributed by atoms with van der Waals surface area (Å²) in [6.07, 6.45) is 0. The van der Waals surface area contributed by atoms with E-state index >= 15 is 0 Å². The molecule has 0 fully saturated rings. The molecule has 6 nitrogen and oxygen atoms in total. The molecule has 0 saturated carbocycles. The standard InChI is InChI=1S/C12H7ClFIN2O4/c13-11-5-1-4(14)2-6(15)8(5)10(20)9(17-11)12(21)16-3-7(18)19/h1-2,20H,3H2,(H,16,21)(H,18,19). The number of carbonyl (C=O) groups is 2. The molecule has 0 unspecified atom stereocenters. The second-order valence-electron chi connectivity index (χ2n) is 3.99. The monoisotopic (exact) mass is 424 g/mol. The zero-order valence-electron chi connectivity index (χ0n) is 10.2. The van der Waals surface area contributed by atoms with Gasteiger partial charge in [0, 0.05) is 14.3 Å². The predicted octanol–water partition coefficient (Wildman–Crippen LogP) is 2.15. The molecule has 1 amide bonds. The van der Waals surface area contributed by atoms with Crippen LogP contribution in [0, 0.1) is 9.39 Å². The maximum absolute atomic E-state index is 13.4. The molecule has 21 heavy (non-hydrogen) atoms. The van der Waals surface area contributed by atoms with Gasteiger partial charge in [0.15, 0.2) is 11.4 Å². The van der Waals surface area contributed by atoms with E-state index in [0.717, 1.165) is 12.1 Å². The summed E-state index contributed by atoms with van der Waals surface area (Å²) in [5, 5.41) is 20.9. The van der Waals surface area contributed by atoms with Gasteiger partial charge in [-0.25, -0.2) is 9.37 Å². The number of carboxylic acids is 1. The smallest absolute Gasteiger partial charge is 0.322 e. The molecule has 0 bridgehead atoms. The highest BCUT2D eigenvalue weighted by Crippen LogP contribution is 2.35. The summed E-state index contributed by atoms with van der Waals surface area (Å²) < 4.78 is 13.7. The summed E-state index contributed by atoms with van der Waals surface area (Å²) in [6.45, 7) is -0.629. The average Bonchev–Trinajstić information content (AvgIpc) is 2.39. The Hall–Kier alpha value is -1.68. The SMILES string of the molecule is O=C(O)CNC(=O)c1nc(Cl)c2cc(F)cc(I)c2c1O. The van der Waals surface area contributed by atoms with Crippen LogP contribution in [0.4, 0.5) is 4.39 Å². The topological polar surface area (TPSA) is 99.5 Å². The van der Waals surface area contributed by atoms with Crippen molar-refractivity contribution in [2.24, 2.45) is 0 Å². The van der Waals surface area contributed by atoms with Gasteiger partial charge in [-0.2, -0.15) is 0 Å². The van der Waals surface area contributed by atoms with Gasteiger partial charge in [-0.3, -0.25) is 9.59 Å². The largest absolute Gasteiger partial charge is 0.505 e. The van der Waals surface area contributed by atoms with Crippen molar-refractivity contribution in [2.45, 2.75) is 0 Å². The third kappa shape index (κ3) is 3.16. The van der Waals surface area contributed by atoms with Crippen molar-refractivity contribution in [3.05, 3.63) is 32.4 Å². The molecule has 1 heterocycles. The van der Waals surface area contributed by atoms with E-state index in [-0.39, 0.29) is 15.9 Å². The minimum Gasteiger partial charge on any atom is -0.505 e. The maximum Gasteiger partial charge on any atom is 0.322 e. The zero-order valence-corrected chi connectivity index (χ0v) is 13.1. The first-order valence-electron chi connectivity index (χ1n) is 5.48. The van der Waals surface area contributed by atoms with E-state index in [9.17, 15) is 19.1 Å². The fourth-order valence-corrected chi connectivity index (χ4v) is 2.78. The number of hydrogen-bond donors (Lipinski definition) is 3. The van der Waals surface area contributed by atoms with Gasteiger partial charge in [-0.1, -0.05) is 11.6 Å². The molecule has 2 rings (SSSR count). The van der Waals surface area contributed by atoms with E-state index < -0.39 is 35.7 Å². The lowest BCUT2D eigenvalue weighted by atomic mass is 10.1. The van der Waals surface area contributed by atoms with Gasteiger partial charge in [0.2, 0.25) is 0 Å². The van der Waals surface area contributed by atoms with Crippen LogP contribution >= 0.6 is 34.2 Å². The van der Waals surface area contributed by atoms with Crippen molar-refractivity contribution in [2.75, 3.05) is 6.54 Å². The van der Waals surface area contributed by atoms with Crippen molar-refractivity contribution < 1.29 is 24.2 Å². The summed E-state index contributed by atoms with van der Waals surface area (Å²) in [7, 11) is 0. The zero-order chi connectivity index (χ0) is 15.7. The number of carbonyl (C=O) groups excluding carboxylic acids is 1. The van der Waals surface area contributed by atoms with Crippen LogP contribution in [0.2, 0.25) is 5.15 Å². The molecule has 0 aliphatic heterocycles. The van der Waals surface area contributed by atoms with Crippen LogP contribution in [0.25, 0.3) is 10.8 Å². The van der Waals surface area contributed by atoms with Crippen LogP contribution in [-0.4, -0.2) is 33.6 Å². The Bertz CT molecular complexity index is 769. The number of aromatic nitrogens is 1. The Balaban J connectivity index is 2.60. The molecular weight excluding hydrogens is 417 g/mol. The molecule has 0 spiro atoms. The summed E-state index contributed by atoms with van der Waals surface area (Å²) >= 11 is 7.68. The molecule has 0 aliphatic carbocycles. The first-order valence-corrected chi connectivity index (χ1v) is 6.94. The molecule has 2 aromatic rings. The van der Waals surface area contributed by atoms with Gasteiger partial charge >= 0.3 is 5.97 Å². The predicted molar refractivity (Wildman–Crippen MR) is 81.1 cm³/mol. The Morgan fingerprint density at radius 1 is 1.43 bits per heavy atom. The second kappa shape index (κ2) is 5.98. The minimum absolute atomic E-state index is 0.161. The highest BCUT2D eigenvalue weighted by molar-refractivity contribution is 14.1. The fourth-order valence-electron chi connectivity index (χ4n) is 1.70. The number of nitrogens with one attached hydrogen (secondary N) is 1. The Kier molecular flexibility index (Phi) is 4.47. The first kappa shape index (κ1) is 15.7. The summed E-state index contributed by atoms with van der Waals surface area (Å²) in [6, 6.07) is 2.25. The van der Waals surface area contributed by atoms with Crippen LogP contribution in [0.1, 0.15) is 10.5 Å². The van der Waals surface area contributed by atoms with Gasteiger partial charge in [0.1, 0.15) is 17.5 Å². The summed E-state index contributed by atoms with van der Waals surface area (Å²) in [5.74, 6) is -3.18. The quantitative estimate of drug-likeness (QED) is 0.518.